The number of carbonyl (C=O) groups excluding carboxylic acids is 4. The van der Waals surface area contributed by atoms with Crippen molar-refractivity contribution in [1.29, 1.82) is 0 Å². The number of alkyl halides is 1. The lowest BCUT2D eigenvalue weighted by atomic mass is 9.95. The molecule has 304 valence electrons. The van der Waals surface area contributed by atoms with Crippen molar-refractivity contribution in [2.45, 2.75) is 12.8 Å². The molecule has 60 heavy (non-hydrogen) atoms. The highest BCUT2D eigenvalue weighted by Gasteiger charge is 2.36. The predicted molar refractivity (Wildman–Crippen MR) is 230 cm³/mol. The molecule has 0 bridgehead atoms. The molecule has 5 aromatic carbocycles. The fraction of sp³-hybridized carbons (Fsp3) is 0.217. The van der Waals surface area contributed by atoms with Crippen molar-refractivity contribution in [3.05, 3.63) is 131 Å². The molecule has 3 N–H and O–H groups in total. The molecular formula is C46H40ClFN6O6. The number of piperazine rings is 1. The van der Waals surface area contributed by atoms with Crippen molar-refractivity contribution in [1.82, 2.24) is 19.8 Å². The van der Waals surface area contributed by atoms with Gasteiger partial charge in [0.05, 0.1) is 5.69 Å². The molecule has 12 nitrogen and oxygen atoms in total. The lowest BCUT2D eigenvalue weighted by Crippen LogP contribution is -2.50. The van der Waals surface area contributed by atoms with E-state index in [0.29, 0.717) is 102 Å². The Morgan fingerprint density at radius 2 is 1.52 bits per heavy atom. The zero-order chi connectivity index (χ0) is 41.5. The highest BCUT2D eigenvalue weighted by atomic mass is 35.5. The molecule has 3 amide bonds. The Kier molecular flexibility index (Phi) is 10.4. The number of Topliss-reactive ketones (excluding diaryl/α,β-unsaturated/α-hetero) is 1. The summed E-state index contributed by atoms with van der Waals surface area (Å²) < 4.78 is 25.7. The number of carbonyl (C=O) groups is 4. The van der Waals surface area contributed by atoms with Crippen LogP contribution in [0.25, 0.3) is 32.6 Å². The third-order valence-corrected chi connectivity index (χ3v) is 11.6. The van der Waals surface area contributed by atoms with Crippen LogP contribution in [-0.2, 0) is 0 Å². The Hall–Kier alpha value is -6.70. The van der Waals surface area contributed by atoms with E-state index in [1.54, 1.807) is 76.5 Å². The number of ketones is 1. The molecule has 7 aromatic rings. The molecule has 1 fully saturated rings. The van der Waals surface area contributed by atoms with Crippen LogP contribution in [-0.4, -0.2) is 95.2 Å². The number of halogens is 2. The van der Waals surface area contributed by atoms with Crippen molar-refractivity contribution >= 4 is 79.2 Å². The maximum atomic E-state index is 14.3. The van der Waals surface area contributed by atoms with Crippen LogP contribution < -0.4 is 19.7 Å². The molecule has 2 aliphatic rings. The van der Waals surface area contributed by atoms with Gasteiger partial charge in [0.1, 0.15) is 35.3 Å². The minimum absolute atomic E-state index is 0.00700. The number of anilines is 2. The highest BCUT2D eigenvalue weighted by Crippen LogP contribution is 2.46. The van der Waals surface area contributed by atoms with Crippen LogP contribution >= 0.6 is 11.6 Å². The second-order valence-electron chi connectivity index (χ2n) is 15.1. The van der Waals surface area contributed by atoms with E-state index in [1.165, 1.54) is 19.1 Å². The molecule has 1 unspecified atom stereocenters. The van der Waals surface area contributed by atoms with Gasteiger partial charge in [-0.05, 0) is 90.7 Å². The largest absolute Gasteiger partial charge is 0.492 e. The van der Waals surface area contributed by atoms with E-state index in [1.807, 2.05) is 24.3 Å². The summed E-state index contributed by atoms with van der Waals surface area (Å²) in [5, 5.41) is 5.79. The number of nitrogens with one attached hydrogen (secondary N) is 3. The van der Waals surface area contributed by atoms with Gasteiger partial charge in [-0.1, -0.05) is 24.3 Å². The van der Waals surface area contributed by atoms with Crippen molar-refractivity contribution in [3.8, 4) is 11.5 Å². The Labute approximate surface area is 348 Å². The minimum atomic E-state index is -0.469. The minimum Gasteiger partial charge on any atom is -0.492 e. The van der Waals surface area contributed by atoms with E-state index >= 15 is 0 Å². The number of rotatable bonds is 10. The molecule has 9 rings (SSSR count). The van der Waals surface area contributed by atoms with Gasteiger partial charge in [-0.15, -0.1) is 11.6 Å². The lowest BCUT2D eigenvalue weighted by molar-refractivity contribution is 0.0981. The monoisotopic (exact) mass is 826 g/mol. The number of aromatic amines is 2. The van der Waals surface area contributed by atoms with Gasteiger partial charge < -0.3 is 34.6 Å². The topological polar surface area (TPSA) is 140 Å². The second-order valence-corrected chi connectivity index (χ2v) is 15.4. The van der Waals surface area contributed by atoms with E-state index in [4.69, 9.17) is 21.1 Å². The number of fused-ring (bicyclic) bond motifs is 5. The summed E-state index contributed by atoms with van der Waals surface area (Å²) in [6.07, 6.45) is -0.469. The Morgan fingerprint density at radius 1 is 0.817 bits per heavy atom. The zero-order valence-electron chi connectivity index (χ0n) is 32.6. The summed E-state index contributed by atoms with van der Waals surface area (Å²) in [7, 11) is 0. The fourth-order valence-electron chi connectivity index (χ4n) is 8.10. The number of ether oxygens (including phenoxy) is 2. The first-order chi connectivity index (χ1) is 29.1. The third-order valence-electron chi connectivity index (χ3n) is 11.3. The average Bonchev–Trinajstić information content (AvgIpc) is 3.99. The van der Waals surface area contributed by atoms with Gasteiger partial charge in [0.15, 0.2) is 5.78 Å². The third kappa shape index (κ3) is 7.64. The number of hydrogen-bond acceptors (Lipinski definition) is 7. The number of benzene rings is 5. The maximum absolute atomic E-state index is 14.3. The quantitative estimate of drug-likeness (QED) is 0.0928. The SMILES string of the molecule is CC(=O)c1ccc(OCCN2CCN(C(=O)Oc3cc4c(c5ccccc35)C(CCl)CN4C(=O)c3cc4cc(NC(=O)c5cc6cc(F)ccc6[nH]5)ccc4[nH]3)CC2)cc1. The van der Waals surface area contributed by atoms with E-state index < -0.39 is 6.09 Å². The molecule has 2 aromatic heterocycles. The summed E-state index contributed by atoms with van der Waals surface area (Å²) in [6.45, 7) is 5.27. The molecule has 0 spiro atoms. The molecule has 1 atom stereocenters. The lowest BCUT2D eigenvalue weighted by Gasteiger charge is -2.34. The Balaban J connectivity index is 0.888. The van der Waals surface area contributed by atoms with E-state index in [0.717, 1.165) is 16.3 Å². The summed E-state index contributed by atoms with van der Waals surface area (Å²) >= 11 is 6.55. The van der Waals surface area contributed by atoms with Gasteiger partial charge in [0, 0.05) is 95.6 Å². The summed E-state index contributed by atoms with van der Waals surface area (Å²) in [5.41, 5.74) is 4.67. The summed E-state index contributed by atoms with van der Waals surface area (Å²) in [5.74, 6) is 0.119. The number of hydrogen-bond donors (Lipinski definition) is 3. The summed E-state index contributed by atoms with van der Waals surface area (Å²) in [6, 6.07) is 29.5. The van der Waals surface area contributed by atoms with Crippen LogP contribution in [0.3, 0.4) is 0 Å². The van der Waals surface area contributed by atoms with E-state index in [-0.39, 0.29) is 40.9 Å². The predicted octanol–water partition coefficient (Wildman–Crippen LogP) is 8.57. The van der Waals surface area contributed by atoms with Gasteiger partial charge in [-0.2, -0.15) is 0 Å². The molecule has 0 saturated carbocycles. The van der Waals surface area contributed by atoms with Gasteiger partial charge in [-0.3, -0.25) is 19.3 Å². The van der Waals surface area contributed by atoms with Gasteiger partial charge in [-0.25, -0.2) is 9.18 Å². The van der Waals surface area contributed by atoms with Crippen LogP contribution in [0.2, 0.25) is 0 Å². The molecular weight excluding hydrogens is 787 g/mol. The molecule has 1 saturated heterocycles. The normalized spacial score (nSPS) is 15.4. The highest BCUT2D eigenvalue weighted by molar-refractivity contribution is 6.19. The number of nitrogens with zero attached hydrogens (tertiary/aromatic N) is 3. The molecule has 2 aliphatic heterocycles. The standard InChI is InChI=1S/C46H40ClFN6O6/c1-27(55)28-6-10-34(11-7-28)59-19-18-52-14-16-53(17-15-52)46(58)60-42-24-41-43(36-5-3-2-4-35(36)42)31(25-47)26-54(41)45(57)40-23-30-21-33(9-13-38(30)51-40)49-44(56)39-22-29-20-32(48)8-12-37(29)50-39/h2-13,20-24,31,50-51H,14-19,25-26H2,1H3,(H,49,56). The van der Waals surface area contributed by atoms with Gasteiger partial charge in [0.25, 0.3) is 11.8 Å². The van der Waals surface area contributed by atoms with Gasteiger partial charge >= 0.3 is 6.09 Å². The average molecular weight is 827 g/mol. The van der Waals surface area contributed by atoms with Crippen molar-refractivity contribution < 1.29 is 33.0 Å². The van der Waals surface area contributed by atoms with Crippen molar-refractivity contribution in [2.75, 3.05) is 62.0 Å². The second kappa shape index (κ2) is 16.2. The smallest absolute Gasteiger partial charge is 0.415 e. The van der Waals surface area contributed by atoms with Crippen LogP contribution in [0.5, 0.6) is 11.5 Å². The van der Waals surface area contributed by atoms with Crippen molar-refractivity contribution in [2.24, 2.45) is 0 Å². The van der Waals surface area contributed by atoms with E-state index in [9.17, 15) is 23.6 Å². The molecule has 0 aliphatic carbocycles. The maximum Gasteiger partial charge on any atom is 0.415 e. The molecule has 4 heterocycles. The number of aromatic nitrogens is 2. The first-order valence-electron chi connectivity index (χ1n) is 19.7. The molecule has 14 heteroatoms. The van der Waals surface area contributed by atoms with Gasteiger partial charge in [0.2, 0.25) is 0 Å². The van der Waals surface area contributed by atoms with E-state index in [2.05, 4.69) is 20.2 Å². The zero-order valence-corrected chi connectivity index (χ0v) is 33.4. The van der Waals surface area contributed by atoms with Crippen LogP contribution in [0, 0.1) is 5.82 Å². The number of H-pyrrole nitrogens is 2. The van der Waals surface area contributed by atoms with Crippen LogP contribution in [0.4, 0.5) is 20.6 Å². The fourth-order valence-corrected chi connectivity index (χ4v) is 8.35. The first kappa shape index (κ1) is 38.8. The summed E-state index contributed by atoms with van der Waals surface area (Å²) in [4.78, 5) is 64.5. The van der Waals surface area contributed by atoms with Crippen molar-refractivity contribution in [3.63, 3.8) is 0 Å². The first-order valence-corrected chi connectivity index (χ1v) is 20.2. The number of amides is 3. The Morgan fingerprint density at radius 3 is 2.27 bits per heavy atom. The molecule has 0 radical (unpaired) electrons. The van der Waals surface area contributed by atoms with Crippen LogP contribution in [0.1, 0.15) is 49.7 Å². The Bertz CT molecular complexity index is 2810. The van der Waals surface area contributed by atoms with Crippen LogP contribution in [0.15, 0.2) is 103 Å².